The summed E-state index contributed by atoms with van der Waals surface area (Å²) in [6.07, 6.45) is 0.826. The van der Waals surface area contributed by atoms with E-state index in [1.165, 1.54) is 5.56 Å². The zero-order valence-corrected chi connectivity index (χ0v) is 17.8. The van der Waals surface area contributed by atoms with E-state index in [-0.39, 0.29) is 0 Å². The van der Waals surface area contributed by atoms with E-state index in [2.05, 4.69) is 22.8 Å². The van der Waals surface area contributed by atoms with Gasteiger partial charge in [-0.05, 0) is 48.6 Å². The molecule has 0 aliphatic carbocycles. The molecule has 0 atom stereocenters. The molecule has 1 aromatic carbocycles. The first kappa shape index (κ1) is 19.4. The highest BCUT2D eigenvalue weighted by atomic mass is 32.1. The molecule has 0 aliphatic heterocycles. The molecular formula is C22H21N3O2S2. The number of benzene rings is 1. The number of aryl methyl sites for hydroxylation is 1. The zero-order valence-electron chi connectivity index (χ0n) is 16.2. The molecule has 4 aromatic rings. The van der Waals surface area contributed by atoms with E-state index in [0.29, 0.717) is 5.56 Å². The molecule has 7 heteroatoms. The Kier molecular flexibility index (Phi) is 5.51. The number of rotatable bonds is 7. The number of aromatic nitrogens is 2. The van der Waals surface area contributed by atoms with E-state index < -0.39 is 5.91 Å². The molecule has 0 aliphatic rings. The van der Waals surface area contributed by atoms with Crippen LogP contribution in [0.2, 0.25) is 0 Å². The summed E-state index contributed by atoms with van der Waals surface area (Å²) in [5.74, 6) is 0.423. The largest absolute Gasteiger partial charge is 0.497 e. The van der Waals surface area contributed by atoms with Crippen LogP contribution in [0.3, 0.4) is 0 Å². The quantitative estimate of drug-likeness (QED) is 0.455. The number of carbonyl (C=O) groups is 1. The summed E-state index contributed by atoms with van der Waals surface area (Å²) in [6.45, 7) is 2.66. The van der Waals surface area contributed by atoms with Gasteiger partial charge in [0.1, 0.15) is 10.8 Å². The van der Waals surface area contributed by atoms with Crippen LogP contribution in [0.25, 0.3) is 21.3 Å². The molecular weight excluding hydrogens is 402 g/mol. The number of carbonyl (C=O) groups excluding carboxylic acids is 1. The zero-order chi connectivity index (χ0) is 20.4. The first-order valence-electron chi connectivity index (χ1n) is 9.19. The van der Waals surface area contributed by atoms with Gasteiger partial charge in [0.25, 0.3) is 5.91 Å². The van der Waals surface area contributed by atoms with E-state index in [1.54, 1.807) is 29.8 Å². The van der Waals surface area contributed by atoms with Gasteiger partial charge < -0.3 is 15.0 Å². The van der Waals surface area contributed by atoms with Crippen LogP contribution in [0.15, 0.2) is 53.2 Å². The molecule has 0 saturated carbocycles. The Morgan fingerprint density at radius 3 is 2.66 bits per heavy atom. The molecule has 3 aromatic heterocycles. The number of nitrogens with two attached hydrogens (primary N) is 1. The van der Waals surface area contributed by atoms with Crippen molar-refractivity contribution in [3.05, 3.63) is 70.0 Å². The second-order valence-corrected chi connectivity index (χ2v) is 8.46. The van der Waals surface area contributed by atoms with Crippen LogP contribution in [0.1, 0.15) is 21.6 Å². The third-order valence-corrected chi connectivity index (χ3v) is 6.80. The number of methoxy groups -OCH3 is 1. The summed E-state index contributed by atoms with van der Waals surface area (Å²) in [5, 5.41) is 5.07. The summed E-state index contributed by atoms with van der Waals surface area (Å²) in [7, 11) is 1.66. The number of ether oxygens (including phenoxy) is 1. The SMILES string of the molecule is COc1ccc(CCn2c(-c3csc(-c4cccs4)n3)cc(C(N)=O)c2C)cc1. The van der Waals surface area contributed by atoms with Crippen LogP contribution >= 0.6 is 22.7 Å². The molecule has 5 nitrogen and oxygen atoms in total. The number of thiophene rings is 1. The van der Waals surface area contributed by atoms with Gasteiger partial charge in [0.2, 0.25) is 0 Å². The predicted molar refractivity (Wildman–Crippen MR) is 119 cm³/mol. The van der Waals surface area contributed by atoms with Crippen LogP contribution in [0.5, 0.6) is 5.75 Å². The fourth-order valence-corrected chi connectivity index (χ4v) is 4.96. The Hall–Kier alpha value is -2.90. The second kappa shape index (κ2) is 8.23. The molecule has 0 unspecified atom stereocenters. The maximum atomic E-state index is 11.9. The van der Waals surface area contributed by atoms with Gasteiger partial charge in [-0.15, -0.1) is 22.7 Å². The average molecular weight is 424 g/mol. The predicted octanol–water partition coefficient (Wildman–Crippen LogP) is 5.00. The van der Waals surface area contributed by atoms with E-state index in [9.17, 15) is 4.79 Å². The molecule has 0 radical (unpaired) electrons. The Morgan fingerprint density at radius 1 is 1.21 bits per heavy atom. The highest BCUT2D eigenvalue weighted by Gasteiger charge is 2.19. The van der Waals surface area contributed by atoms with Gasteiger partial charge in [-0.1, -0.05) is 18.2 Å². The minimum Gasteiger partial charge on any atom is -0.497 e. The Bertz CT molecular complexity index is 1130. The van der Waals surface area contributed by atoms with Crippen molar-refractivity contribution in [3.8, 4) is 27.0 Å². The minimum atomic E-state index is -0.416. The van der Waals surface area contributed by atoms with Gasteiger partial charge in [0.15, 0.2) is 0 Å². The number of amides is 1. The summed E-state index contributed by atoms with van der Waals surface area (Å²) in [5.41, 5.74) is 10.0. The third kappa shape index (κ3) is 3.97. The molecule has 0 saturated heterocycles. The van der Waals surface area contributed by atoms with Crippen LogP contribution in [-0.4, -0.2) is 22.6 Å². The Morgan fingerprint density at radius 2 is 2.00 bits per heavy atom. The maximum absolute atomic E-state index is 11.9. The minimum absolute atomic E-state index is 0.416. The molecule has 0 spiro atoms. The number of hydrogen-bond donors (Lipinski definition) is 1. The van der Waals surface area contributed by atoms with Crippen molar-refractivity contribution in [2.24, 2.45) is 5.73 Å². The van der Waals surface area contributed by atoms with Crippen molar-refractivity contribution in [2.75, 3.05) is 7.11 Å². The summed E-state index contributed by atoms with van der Waals surface area (Å²) in [6, 6.07) is 14.0. The van der Waals surface area contributed by atoms with Crippen molar-refractivity contribution in [3.63, 3.8) is 0 Å². The lowest BCUT2D eigenvalue weighted by Gasteiger charge is -2.11. The molecule has 0 fully saturated rings. The van der Waals surface area contributed by atoms with Gasteiger partial charge in [-0.25, -0.2) is 4.98 Å². The molecule has 3 heterocycles. The average Bonchev–Trinajstić information content (AvgIpc) is 3.46. The Labute approximate surface area is 177 Å². The van der Waals surface area contributed by atoms with Crippen LogP contribution < -0.4 is 10.5 Å². The third-order valence-electron chi connectivity index (χ3n) is 4.91. The summed E-state index contributed by atoms with van der Waals surface area (Å²) in [4.78, 5) is 17.9. The number of nitrogens with zero attached hydrogens (tertiary/aromatic N) is 2. The summed E-state index contributed by atoms with van der Waals surface area (Å²) < 4.78 is 7.36. The van der Waals surface area contributed by atoms with Crippen LogP contribution in [-0.2, 0) is 13.0 Å². The van der Waals surface area contributed by atoms with Crippen LogP contribution in [0.4, 0.5) is 0 Å². The number of hydrogen-bond acceptors (Lipinski definition) is 5. The maximum Gasteiger partial charge on any atom is 0.250 e. The normalized spacial score (nSPS) is 11.0. The van der Waals surface area contributed by atoms with E-state index >= 15 is 0 Å². The fraction of sp³-hybridized carbons (Fsp3) is 0.182. The standard InChI is InChI=1S/C22H21N3O2S2/c1-14-17(21(23)26)12-19(18-13-29-22(24-18)20-4-3-11-28-20)25(14)10-9-15-5-7-16(27-2)8-6-15/h3-8,11-13H,9-10H2,1-2H3,(H2,23,26). The highest BCUT2D eigenvalue weighted by Crippen LogP contribution is 2.33. The fourth-order valence-electron chi connectivity index (χ4n) is 3.33. The van der Waals surface area contributed by atoms with E-state index in [0.717, 1.165) is 45.7 Å². The Balaban J connectivity index is 1.66. The van der Waals surface area contributed by atoms with Gasteiger partial charge in [-0.3, -0.25) is 4.79 Å². The van der Waals surface area contributed by atoms with Gasteiger partial charge in [-0.2, -0.15) is 0 Å². The lowest BCUT2D eigenvalue weighted by molar-refractivity contribution is 0.0999. The molecule has 1 amide bonds. The monoisotopic (exact) mass is 423 g/mol. The van der Waals surface area contributed by atoms with Crippen molar-refractivity contribution in [1.82, 2.24) is 9.55 Å². The van der Waals surface area contributed by atoms with Crippen molar-refractivity contribution in [1.29, 1.82) is 0 Å². The summed E-state index contributed by atoms with van der Waals surface area (Å²) >= 11 is 3.28. The second-order valence-electron chi connectivity index (χ2n) is 6.66. The first-order chi connectivity index (χ1) is 14.1. The lowest BCUT2D eigenvalue weighted by Crippen LogP contribution is -2.13. The van der Waals surface area contributed by atoms with Crippen molar-refractivity contribution < 1.29 is 9.53 Å². The van der Waals surface area contributed by atoms with Crippen LogP contribution in [0, 0.1) is 6.92 Å². The van der Waals surface area contributed by atoms with Crippen molar-refractivity contribution in [2.45, 2.75) is 19.9 Å². The van der Waals surface area contributed by atoms with Gasteiger partial charge in [0, 0.05) is 17.6 Å². The lowest BCUT2D eigenvalue weighted by atomic mass is 10.1. The molecule has 148 valence electrons. The molecule has 2 N–H and O–H groups in total. The number of primary amides is 1. The van der Waals surface area contributed by atoms with Crippen molar-refractivity contribution >= 4 is 28.6 Å². The van der Waals surface area contributed by atoms with E-state index in [1.807, 2.05) is 41.9 Å². The number of thiazole rings is 1. The smallest absolute Gasteiger partial charge is 0.250 e. The van der Waals surface area contributed by atoms with E-state index in [4.69, 9.17) is 15.5 Å². The molecule has 4 rings (SSSR count). The first-order valence-corrected chi connectivity index (χ1v) is 11.0. The topological polar surface area (TPSA) is 70.1 Å². The molecule has 29 heavy (non-hydrogen) atoms. The van der Waals surface area contributed by atoms with Gasteiger partial charge >= 0.3 is 0 Å². The van der Waals surface area contributed by atoms with Gasteiger partial charge in [0.05, 0.1) is 28.9 Å². The highest BCUT2D eigenvalue weighted by molar-refractivity contribution is 7.20. The molecule has 0 bridgehead atoms.